The van der Waals surface area contributed by atoms with Crippen LogP contribution in [0.2, 0.25) is 0 Å². The van der Waals surface area contributed by atoms with E-state index in [1.54, 1.807) is 4.68 Å². The summed E-state index contributed by atoms with van der Waals surface area (Å²) >= 11 is 3.45. The van der Waals surface area contributed by atoms with Crippen LogP contribution in [-0.2, 0) is 13.5 Å². The first-order chi connectivity index (χ1) is 6.16. The van der Waals surface area contributed by atoms with Crippen LogP contribution in [0.5, 0.6) is 0 Å². The van der Waals surface area contributed by atoms with Gasteiger partial charge >= 0.3 is 0 Å². The van der Waals surface area contributed by atoms with E-state index < -0.39 is 0 Å². The molecule has 1 saturated carbocycles. The lowest BCUT2D eigenvalue weighted by Crippen LogP contribution is -2.32. The molecule has 0 aliphatic heterocycles. The maximum atomic E-state index is 9.42. The zero-order chi connectivity index (χ0) is 9.42. The summed E-state index contributed by atoms with van der Waals surface area (Å²) in [6.45, 7) is 0. The first-order valence-electron chi connectivity index (χ1n) is 4.53. The number of aryl methyl sites for hydroxylation is 1. The van der Waals surface area contributed by atoms with Crippen LogP contribution in [0.4, 0.5) is 0 Å². The molecule has 2 unspecified atom stereocenters. The molecule has 0 spiro atoms. The summed E-state index contributed by atoms with van der Waals surface area (Å²) in [5.41, 5.74) is 1.06. The molecule has 2 atom stereocenters. The topological polar surface area (TPSA) is 38.0 Å². The average molecular weight is 245 g/mol. The Bertz CT molecular complexity index is 311. The van der Waals surface area contributed by atoms with Crippen molar-refractivity contribution in [3.8, 4) is 0 Å². The van der Waals surface area contributed by atoms with Crippen LogP contribution in [0.25, 0.3) is 0 Å². The second-order valence-electron chi connectivity index (χ2n) is 3.71. The predicted molar refractivity (Wildman–Crippen MR) is 53.3 cm³/mol. The van der Waals surface area contributed by atoms with E-state index in [-0.39, 0.29) is 6.10 Å². The smallest absolute Gasteiger partial charge is 0.0770 e. The molecule has 0 radical (unpaired) electrons. The highest BCUT2D eigenvalue weighted by Gasteiger charge is 2.29. The van der Waals surface area contributed by atoms with Crippen molar-refractivity contribution in [2.24, 2.45) is 13.0 Å². The molecule has 4 heteroatoms. The van der Waals surface area contributed by atoms with Gasteiger partial charge in [-0.05, 0) is 41.1 Å². The molecule has 1 heterocycles. The van der Waals surface area contributed by atoms with Gasteiger partial charge in [0.2, 0.25) is 0 Å². The number of hydrogen-bond acceptors (Lipinski definition) is 2. The molecule has 0 aromatic carbocycles. The quantitative estimate of drug-likeness (QED) is 0.857. The summed E-state index contributed by atoms with van der Waals surface area (Å²) in [5.74, 6) is 0.422. The van der Waals surface area contributed by atoms with Crippen LogP contribution >= 0.6 is 15.9 Å². The highest BCUT2D eigenvalue weighted by atomic mass is 79.9. The Balaban J connectivity index is 2.04. The van der Waals surface area contributed by atoms with Gasteiger partial charge in [-0.2, -0.15) is 5.10 Å². The Morgan fingerprint density at radius 2 is 2.46 bits per heavy atom. The van der Waals surface area contributed by atoms with Crippen molar-refractivity contribution < 1.29 is 5.11 Å². The van der Waals surface area contributed by atoms with Crippen molar-refractivity contribution in [1.29, 1.82) is 0 Å². The van der Waals surface area contributed by atoms with Crippen LogP contribution in [0.1, 0.15) is 18.5 Å². The van der Waals surface area contributed by atoms with Crippen LogP contribution < -0.4 is 0 Å². The summed E-state index contributed by atoms with van der Waals surface area (Å²) in [6.07, 6.45) is 4.82. The first kappa shape index (κ1) is 9.21. The molecule has 0 saturated heterocycles. The molecule has 1 aromatic rings. The third-order valence-electron chi connectivity index (χ3n) is 2.69. The van der Waals surface area contributed by atoms with Crippen LogP contribution in [0.15, 0.2) is 10.7 Å². The number of hydrogen-bond donors (Lipinski definition) is 1. The molecule has 2 rings (SSSR count). The Labute approximate surface area is 85.9 Å². The lowest BCUT2D eigenvalue weighted by molar-refractivity contribution is 0.0238. The highest BCUT2D eigenvalue weighted by molar-refractivity contribution is 9.10. The molecule has 1 N–H and O–H groups in total. The monoisotopic (exact) mass is 244 g/mol. The fraction of sp³-hybridized carbons (Fsp3) is 0.667. The summed E-state index contributed by atoms with van der Waals surface area (Å²) in [4.78, 5) is 0. The molecular formula is C9H13BrN2O. The Morgan fingerprint density at radius 3 is 2.85 bits per heavy atom. The van der Waals surface area contributed by atoms with Gasteiger partial charge in [0.25, 0.3) is 0 Å². The first-order valence-corrected chi connectivity index (χ1v) is 5.32. The van der Waals surface area contributed by atoms with E-state index in [4.69, 9.17) is 0 Å². The maximum Gasteiger partial charge on any atom is 0.0770 e. The summed E-state index contributed by atoms with van der Waals surface area (Å²) in [7, 11) is 1.91. The molecular weight excluding hydrogens is 232 g/mol. The molecule has 3 nitrogen and oxygen atoms in total. The number of aromatic nitrogens is 2. The van der Waals surface area contributed by atoms with Crippen molar-refractivity contribution in [3.63, 3.8) is 0 Å². The number of rotatable bonds is 2. The molecule has 72 valence electrons. The minimum absolute atomic E-state index is 0.103. The fourth-order valence-electron chi connectivity index (χ4n) is 1.68. The standard InChI is InChI=1S/C9H13BrN2O/c1-12-5-7(10)8(11-12)4-6-2-3-9(6)13/h5-6,9,13H,2-4H2,1H3. The van der Waals surface area contributed by atoms with Gasteiger partial charge < -0.3 is 5.11 Å². The van der Waals surface area contributed by atoms with Gasteiger partial charge in [-0.25, -0.2) is 0 Å². The van der Waals surface area contributed by atoms with E-state index in [1.807, 2.05) is 13.2 Å². The zero-order valence-electron chi connectivity index (χ0n) is 7.57. The molecule has 0 bridgehead atoms. The predicted octanol–water partition coefficient (Wildman–Crippen LogP) is 1.50. The molecule has 1 aliphatic carbocycles. The van der Waals surface area contributed by atoms with Crippen LogP contribution in [-0.4, -0.2) is 21.0 Å². The minimum atomic E-state index is -0.103. The average Bonchev–Trinajstić information content (AvgIpc) is 2.38. The van der Waals surface area contributed by atoms with E-state index in [0.717, 1.165) is 29.4 Å². The second-order valence-corrected chi connectivity index (χ2v) is 4.56. The lowest BCUT2D eigenvalue weighted by atomic mass is 9.79. The number of aliphatic hydroxyl groups is 1. The van der Waals surface area contributed by atoms with Crippen molar-refractivity contribution >= 4 is 15.9 Å². The summed E-state index contributed by atoms with van der Waals surface area (Å²) in [5, 5.41) is 13.7. The third-order valence-corrected chi connectivity index (χ3v) is 3.35. The highest BCUT2D eigenvalue weighted by Crippen LogP contribution is 2.31. The second kappa shape index (κ2) is 3.42. The summed E-state index contributed by atoms with van der Waals surface area (Å²) in [6, 6.07) is 0. The third kappa shape index (κ3) is 1.79. The van der Waals surface area contributed by atoms with E-state index in [9.17, 15) is 5.11 Å². The molecule has 13 heavy (non-hydrogen) atoms. The normalized spacial score (nSPS) is 27.3. The largest absolute Gasteiger partial charge is 0.393 e. The molecule has 1 aromatic heterocycles. The van der Waals surface area contributed by atoms with E-state index in [0.29, 0.717) is 5.92 Å². The van der Waals surface area contributed by atoms with Gasteiger partial charge in [0.1, 0.15) is 0 Å². The van der Waals surface area contributed by atoms with Gasteiger partial charge in [-0.3, -0.25) is 4.68 Å². The number of halogens is 1. The van der Waals surface area contributed by atoms with Crippen molar-refractivity contribution in [2.75, 3.05) is 0 Å². The Hall–Kier alpha value is -0.350. The maximum absolute atomic E-state index is 9.42. The Morgan fingerprint density at radius 1 is 1.69 bits per heavy atom. The fourth-order valence-corrected chi connectivity index (χ4v) is 2.22. The SMILES string of the molecule is Cn1cc(Br)c(CC2CCC2O)n1. The van der Waals surface area contributed by atoms with Gasteiger partial charge in [-0.1, -0.05) is 0 Å². The molecule has 0 amide bonds. The summed E-state index contributed by atoms with van der Waals surface area (Å²) < 4.78 is 2.85. The van der Waals surface area contributed by atoms with Crippen molar-refractivity contribution in [2.45, 2.75) is 25.4 Å². The van der Waals surface area contributed by atoms with Gasteiger partial charge in [0.15, 0.2) is 0 Å². The minimum Gasteiger partial charge on any atom is -0.393 e. The Kier molecular flexibility index (Phi) is 2.43. The van der Waals surface area contributed by atoms with E-state index >= 15 is 0 Å². The van der Waals surface area contributed by atoms with Crippen molar-refractivity contribution in [3.05, 3.63) is 16.4 Å². The molecule has 1 aliphatic rings. The van der Waals surface area contributed by atoms with Crippen molar-refractivity contribution in [1.82, 2.24) is 9.78 Å². The van der Waals surface area contributed by atoms with E-state index in [1.165, 1.54) is 0 Å². The number of aliphatic hydroxyl groups excluding tert-OH is 1. The zero-order valence-corrected chi connectivity index (χ0v) is 9.16. The van der Waals surface area contributed by atoms with Crippen LogP contribution in [0.3, 0.4) is 0 Å². The van der Waals surface area contributed by atoms with Gasteiger partial charge in [-0.15, -0.1) is 0 Å². The molecule has 1 fully saturated rings. The number of nitrogens with zero attached hydrogens (tertiary/aromatic N) is 2. The lowest BCUT2D eigenvalue weighted by Gasteiger charge is -2.31. The van der Waals surface area contributed by atoms with Crippen LogP contribution in [0, 0.1) is 5.92 Å². The van der Waals surface area contributed by atoms with Gasteiger partial charge in [0.05, 0.1) is 16.3 Å². The van der Waals surface area contributed by atoms with E-state index in [2.05, 4.69) is 21.0 Å². The van der Waals surface area contributed by atoms with Gasteiger partial charge in [0, 0.05) is 13.2 Å².